The van der Waals surface area contributed by atoms with Crippen LogP contribution in [-0.2, 0) is 25.8 Å². The fourth-order valence-corrected chi connectivity index (χ4v) is 6.36. The molecule has 0 unspecified atom stereocenters. The summed E-state index contributed by atoms with van der Waals surface area (Å²) in [5, 5.41) is 11.2. The van der Waals surface area contributed by atoms with Crippen LogP contribution < -0.4 is 0 Å². The topological polar surface area (TPSA) is 58.4 Å². The molecule has 0 saturated heterocycles. The first kappa shape index (κ1) is 32.0. The number of aromatic nitrogens is 2. The maximum Gasteiger partial charge on any atom is 0.407 e. The van der Waals surface area contributed by atoms with Gasteiger partial charge in [-0.2, -0.15) is 0 Å². The predicted octanol–water partition coefficient (Wildman–Crippen LogP) is 10.2. The lowest BCUT2D eigenvalue weighted by Crippen LogP contribution is -2.30. The Hall–Kier alpha value is -4.38. The van der Waals surface area contributed by atoms with Crippen LogP contribution in [0.2, 0.25) is 0 Å². The number of rotatable bonds is 13. The van der Waals surface area contributed by atoms with Gasteiger partial charge in [-0.05, 0) is 83.2 Å². The minimum absolute atomic E-state index is 0.390. The molecule has 0 aliphatic heterocycles. The highest BCUT2D eigenvalue weighted by Gasteiger charge is 2.19. The molecule has 0 radical (unpaired) electrons. The maximum absolute atomic E-state index is 12.2. The van der Waals surface area contributed by atoms with Crippen molar-refractivity contribution in [3.63, 3.8) is 0 Å². The smallest absolute Gasteiger partial charge is 0.407 e. The first-order valence-electron chi connectivity index (χ1n) is 16.6. The molecule has 0 aliphatic carbocycles. The van der Waals surface area contributed by atoms with Gasteiger partial charge >= 0.3 is 6.09 Å². The van der Waals surface area contributed by atoms with Crippen LogP contribution >= 0.6 is 0 Å². The van der Waals surface area contributed by atoms with Gasteiger partial charge in [0.05, 0.1) is 17.4 Å². The Morgan fingerprint density at radius 1 is 0.844 bits per heavy atom. The van der Waals surface area contributed by atoms with Gasteiger partial charge in [-0.25, -0.2) is 4.79 Å². The van der Waals surface area contributed by atoms with E-state index in [1.165, 1.54) is 33.2 Å². The fourth-order valence-electron chi connectivity index (χ4n) is 6.36. The second-order valence-electron chi connectivity index (χ2n) is 12.4. The van der Waals surface area contributed by atoms with Crippen molar-refractivity contribution in [1.29, 1.82) is 0 Å². The predicted molar refractivity (Wildman–Crippen MR) is 187 cm³/mol. The lowest BCUT2D eigenvalue weighted by molar-refractivity contribution is 0.141. The van der Waals surface area contributed by atoms with Crippen LogP contribution in [0.15, 0.2) is 85.2 Å². The van der Waals surface area contributed by atoms with E-state index < -0.39 is 6.09 Å². The molecular weight excluding hydrogens is 554 g/mol. The van der Waals surface area contributed by atoms with E-state index in [1.807, 2.05) is 12.3 Å². The molecule has 2 heterocycles. The zero-order chi connectivity index (χ0) is 31.9. The zero-order valence-electron chi connectivity index (χ0n) is 27.5. The molecule has 5 rings (SSSR count). The van der Waals surface area contributed by atoms with Crippen LogP contribution in [0, 0.1) is 0 Å². The van der Waals surface area contributed by atoms with Gasteiger partial charge in [-0.1, -0.05) is 102 Å². The number of hydrogen-bond donors (Lipinski definition) is 1. The van der Waals surface area contributed by atoms with Gasteiger partial charge < -0.3 is 14.6 Å². The van der Waals surface area contributed by atoms with E-state index >= 15 is 0 Å². The van der Waals surface area contributed by atoms with E-state index in [0.717, 1.165) is 60.1 Å². The van der Waals surface area contributed by atoms with Crippen LogP contribution in [0.1, 0.15) is 93.2 Å². The largest absolute Gasteiger partial charge is 0.465 e. The Labute approximate surface area is 268 Å². The zero-order valence-corrected chi connectivity index (χ0v) is 27.5. The van der Waals surface area contributed by atoms with E-state index in [1.54, 1.807) is 4.90 Å². The minimum atomic E-state index is -0.862. The monoisotopic (exact) mass is 601 g/mol. The van der Waals surface area contributed by atoms with Gasteiger partial charge in [0, 0.05) is 35.9 Å². The summed E-state index contributed by atoms with van der Waals surface area (Å²) in [6.07, 6.45) is 8.99. The Morgan fingerprint density at radius 2 is 1.51 bits per heavy atom. The standard InChI is InChI=1S/C40H47N3O2/c1-6-9-12-22-42(40(44)45)26-33-15-11-10-14-32(33)23-34-27-43(35-20-18-31(19-21-35)28(4)5)38-25-41-37(24-36(34)38)39-29(7-2)16-13-17-30(39)8-3/h10-11,13-21,24-25,27-28H,6-9,12,22-23,26H2,1-5H3,(H,44,45). The first-order valence-corrected chi connectivity index (χ1v) is 16.6. The average Bonchev–Trinajstić information content (AvgIpc) is 3.41. The highest BCUT2D eigenvalue weighted by Crippen LogP contribution is 2.34. The minimum Gasteiger partial charge on any atom is -0.465 e. The third-order valence-electron chi connectivity index (χ3n) is 9.03. The van der Waals surface area contributed by atoms with Crippen molar-refractivity contribution >= 4 is 17.0 Å². The highest BCUT2D eigenvalue weighted by molar-refractivity contribution is 5.89. The number of carboxylic acid groups (broad SMARTS) is 1. The van der Waals surface area contributed by atoms with Gasteiger partial charge in [0.1, 0.15) is 0 Å². The Bertz CT molecular complexity index is 1730. The summed E-state index contributed by atoms with van der Waals surface area (Å²) in [6, 6.07) is 26.0. The number of unbranched alkanes of at least 4 members (excludes halogenated alkanes) is 2. The second-order valence-corrected chi connectivity index (χ2v) is 12.4. The van der Waals surface area contributed by atoms with Crippen molar-refractivity contribution in [2.24, 2.45) is 0 Å². The molecule has 234 valence electrons. The third kappa shape index (κ3) is 7.14. The molecule has 1 N–H and O–H groups in total. The Kier molecular flexibility index (Phi) is 10.4. The molecule has 5 nitrogen and oxygen atoms in total. The molecule has 1 amide bonds. The van der Waals surface area contributed by atoms with Crippen molar-refractivity contribution in [3.05, 3.63) is 119 Å². The molecule has 0 fully saturated rings. The maximum atomic E-state index is 12.2. The van der Waals surface area contributed by atoms with Gasteiger partial charge in [0.25, 0.3) is 0 Å². The fraction of sp³-hybridized carbons (Fsp3) is 0.350. The van der Waals surface area contributed by atoms with Crippen molar-refractivity contribution in [1.82, 2.24) is 14.5 Å². The lowest BCUT2D eigenvalue weighted by Gasteiger charge is -2.21. The number of carbonyl (C=O) groups is 1. The van der Waals surface area contributed by atoms with Crippen LogP contribution in [0.25, 0.3) is 27.8 Å². The Morgan fingerprint density at radius 3 is 2.13 bits per heavy atom. The molecular formula is C40H47N3O2. The number of hydrogen-bond acceptors (Lipinski definition) is 2. The number of aryl methyl sites for hydroxylation is 2. The normalized spacial score (nSPS) is 11.4. The van der Waals surface area contributed by atoms with Crippen molar-refractivity contribution in [2.45, 2.75) is 85.6 Å². The van der Waals surface area contributed by atoms with Gasteiger partial charge in [-0.15, -0.1) is 0 Å². The first-order chi connectivity index (χ1) is 21.8. The molecule has 0 atom stereocenters. The molecule has 0 saturated carbocycles. The van der Waals surface area contributed by atoms with Crippen molar-refractivity contribution < 1.29 is 9.90 Å². The average molecular weight is 602 g/mol. The summed E-state index contributed by atoms with van der Waals surface area (Å²) in [5.41, 5.74) is 11.8. The number of nitrogens with zero attached hydrogens (tertiary/aromatic N) is 3. The molecule has 2 aromatic heterocycles. The van der Waals surface area contributed by atoms with E-state index in [-0.39, 0.29) is 0 Å². The lowest BCUT2D eigenvalue weighted by atomic mass is 9.93. The summed E-state index contributed by atoms with van der Waals surface area (Å²) in [5.74, 6) is 0.468. The van der Waals surface area contributed by atoms with E-state index in [9.17, 15) is 9.90 Å². The number of benzene rings is 3. The third-order valence-corrected chi connectivity index (χ3v) is 9.03. The van der Waals surface area contributed by atoms with Crippen LogP contribution in [0.3, 0.4) is 0 Å². The van der Waals surface area contributed by atoms with Crippen LogP contribution in [-0.4, -0.2) is 32.2 Å². The summed E-state index contributed by atoms with van der Waals surface area (Å²) >= 11 is 0. The van der Waals surface area contributed by atoms with Crippen LogP contribution in [0.4, 0.5) is 4.79 Å². The molecule has 5 heteroatoms. The molecule has 0 spiro atoms. The van der Waals surface area contributed by atoms with Crippen molar-refractivity contribution in [2.75, 3.05) is 6.54 Å². The summed E-state index contributed by atoms with van der Waals surface area (Å²) in [6.45, 7) is 11.9. The molecule has 5 aromatic rings. The molecule has 45 heavy (non-hydrogen) atoms. The number of fused-ring (bicyclic) bond motifs is 1. The van der Waals surface area contributed by atoms with E-state index in [2.05, 4.69) is 112 Å². The quantitative estimate of drug-likeness (QED) is 0.137. The van der Waals surface area contributed by atoms with Gasteiger partial charge in [0.2, 0.25) is 0 Å². The summed E-state index contributed by atoms with van der Waals surface area (Å²) in [7, 11) is 0. The second kappa shape index (κ2) is 14.6. The number of pyridine rings is 1. The van der Waals surface area contributed by atoms with Gasteiger partial charge in [-0.3, -0.25) is 4.98 Å². The molecule has 0 aliphatic rings. The van der Waals surface area contributed by atoms with E-state index in [4.69, 9.17) is 4.98 Å². The van der Waals surface area contributed by atoms with Gasteiger partial charge in [0.15, 0.2) is 0 Å². The SMILES string of the molecule is CCCCCN(Cc1ccccc1Cc1cn(-c2ccc(C(C)C)cc2)c2cnc(-c3c(CC)cccc3CC)cc12)C(=O)O. The highest BCUT2D eigenvalue weighted by atomic mass is 16.4. The molecule has 3 aromatic carbocycles. The molecule has 0 bridgehead atoms. The Balaban J connectivity index is 1.62. The summed E-state index contributed by atoms with van der Waals surface area (Å²) < 4.78 is 2.26. The summed E-state index contributed by atoms with van der Waals surface area (Å²) in [4.78, 5) is 18.8. The van der Waals surface area contributed by atoms with E-state index in [0.29, 0.717) is 25.4 Å². The number of amides is 1. The van der Waals surface area contributed by atoms with Crippen LogP contribution in [0.5, 0.6) is 0 Å². The van der Waals surface area contributed by atoms with Crippen molar-refractivity contribution in [3.8, 4) is 16.9 Å².